The van der Waals surface area contributed by atoms with Gasteiger partial charge in [-0.1, -0.05) is 13.8 Å². The molecule has 98 valence electrons. The lowest BCUT2D eigenvalue weighted by Crippen LogP contribution is -2.22. The smallest absolute Gasteiger partial charge is 0.0608 e. The molecule has 0 radical (unpaired) electrons. The summed E-state index contributed by atoms with van der Waals surface area (Å²) in [6.07, 6.45) is 5.04. The van der Waals surface area contributed by atoms with Gasteiger partial charge in [0, 0.05) is 25.0 Å². The van der Waals surface area contributed by atoms with Gasteiger partial charge in [-0.3, -0.25) is 0 Å². The lowest BCUT2D eigenvalue weighted by Gasteiger charge is -2.19. The van der Waals surface area contributed by atoms with Crippen molar-refractivity contribution in [3.63, 3.8) is 0 Å². The van der Waals surface area contributed by atoms with Crippen LogP contribution < -0.4 is 5.32 Å². The van der Waals surface area contributed by atoms with Crippen LogP contribution in [0.1, 0.15) is 45.7 Å². The fourth-order valence-electron chi connectivity index (χ4n) is 2.07. The monoisotopic (exact) mass is 238 g/mol. The van der Waals surface area contributed by atoms with Crippen molar-refractivity contribution in [3.8, 4) is 0 Å². The molecular formula is C14H26N2O. The van der Waals surface area contributed by atoms with Gasteiger partial charge in [0.1, 0.15) is 0 Å². The van der Waals surface area contributed by atoms with Gasteiger partial charge in [-0.05, 0) is 44.9 Å². The minimum Gasteiger partial charge on any atom is -0.390 e. The molecule has 1 heterocycles. The Labute approximate surface area is 105 Å². The molecular weight excluding hydrogens is 212 g/mol. The zero-order valence-corrected chi connectivity index (χ0v) is 11.7. The molecule has 0 amide bonds. The van der Waals surface area contributed by atoms with Gasteiger partial charge in [-0.15, -0.1) is 0 Å². The molecule has 0 aliphatic heterocycles. The summed E-state index contributed by atoms with van der Waals surface area (Å²) in [7, 11) is 2.00. The Balaban J connectivity index is 2.64. The summed E-state index contributed by atoms with van der Waals surface area (Å²) >= 11 is 0. The molecule has 2 N–H and O–H groups in total. The first kappa shape index (κ1) is 14.3. The summed E-state index contributed by atoms with van der Waals surface area (Å²) in [6, 6.07) is 2.56. The van der Waals surface area contributed by atoms with Gasteiger partial charge in [0.05, 0.1) is 5.60 Å². The Morgan fingerprint density at radius 1 is 1.41 bits per heavy atom. The number of hydrogen-bond acceptors (Lipinski definition) is 2. The molecule has 17 heavy (non-hydrogen) atoms. The predicted molar refractivity (Wildman–Crippen MR) is 72.0 cm³/mol. The highest BCUT2D eigenvalue weighted by molar-refractivity contribution is 5.16. The van der Waals surface area contributed by atoms with E-state index in [0.29, 0.717) is 12.0 Å². The lowest BCUT2D eigenvalue weighted by molar-refractivity contribution is 0.0662. The highest BCUT2D eigenvalue weighted by atomic mass is 16.3. The first-order valence-corrected chi connectivity index (χ1v) is 6.39. The Morgan fingerprint density at radius 3 is 2.53 bits per heavy atom. The van der Waals surface area contributed by atoms with E-state index >= 15 is 0 Å². The van der Waals surface area contributed by atoms with Crippen LogP contribution >= 0.6 is 0 Å². The van der Waals surface area contributed by atoms with Crippen LogP contribution in [0.2, 0.25) is 0 Å². The van der Waals surface area contributed by atoms with Crippen molar-refractivity contribution in [1.82, 2.24) is 9.88 Å². The number of nitrogens with zero attached hydrogens (tertiary/aromatic N) is 1. The molecule has 0 aliphatic carbocycles. The van der Waals surface area contributed by atoms with Crippen molar-refractivity contribution in [2.45, 2.75) is 52.3 Å². The Bertz CT molecular complexity index is 336. The van der Waals surface area contributed by atoms with Gasteiger partial charge in [-0.25, -0.2) is 0 Å². The molecule has 0 saturated carbocycles. The molecule has 1 aromatic rings. The van der Waals surface area contributed by atoms with Crippen molar-refractivity contribution in [2.24, 2.45) is 5.92 Å². The maximum Gasteiger partial charge on any atom is 0.0608 e. The molecule has 1 rings (SSSR count). The summed E-state index contributed by atoms with van der Waals surface area (Å²) in [6.45, 7) is 8.99. The van der Waals surface area contributed by atoms with Crippen LogP contribution in [0.25, 0.3) is 0 Å². The minimum atomic E-state index is -0.592. The summed E-state index contributed by atoms with van der Waals surface area (Å²) < 4.78 is 2.15. The van der Waals surface area contributed by atoms with Crippen molar-refractivity contribution >= 4 is 0 Å². The van der Waals surface area contributed by atoms with Crippen molar-refractivity contribution in [1.29, 1.82) is 0 Å². The fourth-order valence-corrected chi connectivity index (χ4v) is 2.07. The van der Waals surface area contributed by atoms with Crippen LogP contribution in [0.3, 0.4) is 0 Å². The maximum absolute atomic E-state index is 9.70. The molecule has 0 aromatic carbocycles. The molecule has 3 heteroatoms. The van der Waals surface area contributed by atoms with E-state index in [1.54, 1.807) is 0 Å². The number of aliphatic hydroxyl groups is 1. The third-order valence-electron chi connectivity index (χ3n) is 3.09. The van der Waals surface area contributed by atoms with E-state index in [1.165, 1.54) is 5.56 Å². The van der Waals surface area contributed by atoms with Crippen LogP contribution in [-0.4, -0.2) is 22.3 Å². The summed E-state index contributed by atoms with van der Waals surface area (Å²) in [5, 5.41) is 13.0. The molecule has 0 aliphatic rings. The molecule has 0 bridgehead atoms. The van der Waals surface area contributed by atoms with E-state index in [1.807, 2.05) is 20.9 Å². The van der Waals surface area contributed by atoms with Gasteiger partial charge in [0.15, 0.2) is 0 Å². The van der Waals surface area contributed by atoms with E-state index in [9.17, 15) is 5.11 Å². The molecule has 1 aromatic heterocycles. The van der Waals surface area contributed by atoms with Gasteiger partial charge < -0.3 is 15.0 Å². The van der Waals surface area contributed by atoms with Crippen LogP contribution in [0, 0.1) is 5.92 Å². The summed E-state index contributed by atoms with van der Waals surface area (Å²) in [4.78, 5) is 0. The third kappa shape index (κ3) is 4.52. The van der Waals surface area contributed by atoms with Crippen molar-refractivity contribution in [3.05, 3.63) is 24.0 Å². The summed E-state index contributed by atoms with van der Waals surface area (Å²) in [5.41, 5.74) is 0.725. The van der Waals surface area contributed by atoms with Crippen molar-refractivity contribution < 1.29 is 5.11 Å². The summed E-state index contributed by atoms with van der Waals surface area (Å²) in [5.74, 6) is 0.574. The predicted octanol–water partition coefficient (Wildman–Crippen LogP) is 2.57. The van der Waals surface area contributed by atoms with E-state index in [2.05, 4.69) is 42.2 Å². The molecule has 0 saturated heterocycles. The van der Waals surface area contributed by atoms with Crippen LogP contribution in [0.15, 0.2) is 18.5 Å². The Hall–Kier alpha value is -0.800. The molecule has 1 atom stereocenters. The number of aromatic nitrogens is 1. The normalized spacial score (nSPS) is 14.3. The highest BCUT2D eigenvalue weighted by Gasteiger charge is 2.16. The zero-order valence-electron chi connectivity index (χ0n) is 11.7. The second-order valence-electron chi connectivity index (χ2n) is 5.76. The average molecular weight is 238 g/mol. The largest absolute Gasteiger partial charge is 0.390 e. The van der Waals surface area contributed by atoms with Crippen LogP contribution in [0.5, 0.6) is 0 Å². The maximum atomic E-state index is 9.70. The highest BCUT2D eigenvalue weighted by Crippen LogP contribution is 2.21. The van der Waals surface area contributed by atoms with Gasteiger partial charge in [-0.2, -0.15) is 0 Å². The molecule has 3 nitrogen and oxygen atoms in total. The van der Waals surface area contributed by atoms with Crippen molar-refractivity contribution in [2.75, 3.05) is 7.05 Å². The van der Waals surface area contributed by atoms with E-state index in [0.717, 1.165) is 13.0 Å². The Morgan fingerprint density at radius 2 is 2.06 bits per heavy atom. The van der Waals surface area contributed by atoms with E-state index in [4.69, 9.17) is 0 Å². The number of aryl methyl sites for hydroxylation is 1. The number of hydrogen-bond donors (Lipinski definition) is 2. The number of nitrogens with one attached hydrogen (secondary N) is 1. The van der Waals surface area contributed by atoms with Gasteiger partial charge in [0.25, 0.3) is 0 Å². The van der Waals surface area contributed by atoms with Crippen LogP contribution in [0.4, 0.5) is 0 Å². The average Bonchev–Trinajstić information content (AvgIpc) is 2.63. The van der Waals surface area contributed by atoms with E-state index in [-0.39, 0.29) is 0 Å². The number of rotatable bonds is 6. The third-order valence-corrected chi connectivity index (χ3v) is 3.09. The second kappa shape index (κ2) is 5.69. The van der Waals surface area contributed by atoms with Crippen LogP contribution in [-0.2, 0) is 6.54 Å². The topological polar surface area (TPSA) is 37.2 Å². The lowest BCUT2D eigenvalue weighted by atomic mass is 9.99. The molecule has 0 fully saturated rings. The van der Waals surface area contributed by atoms with Gasteiger partial charge >= 0.3 is 0 Å². The van der Waals surface area contributed by atoms with E-state index < -0.39 is 5.60 Å². The molecule has 0 spiro atoms. The van der Waals surface area contributed by atoms with Gasteiger partial charge in [0.2, 0.25) is 0 Å². The fraction of sp³-hybridized carbons (Fsp3) is 0.714. The SMILES string of the molecule is CNC(c1ccn(CCC(C)(C)O)c1)C(C)C. The first-order valence-electron chi connectivity index (χ1n) is 6.39. The standard InChI is InChI=1S/C14H26N2O/c1-11(2)13(15-5)12-6-8-16(10-12)9-7-14(3,4)17/h6,8,10-11,13,15,17H,7,9H2,1-5H3. The minimum absolute atomic E-state index is 0.401. The quantitative estimate of drug-likeness (QED) is 0.799. The first-order chi connectivity index (χ1) is 7.83. The molecule has 1 unspecified atom stereocenters. The second-order valence-corrected chi connectivity index (χ2v) is 5.76. The zero-order chi connectivity index (χ0) is 13.1. The Kier molecular flexibility index (Phi) is 4.78.